The molecule has 3 heteroatoms. The molecule has 1 aliphatic heterocycles. The zero-order valence-corrected chi connectivity index (χ0v) is 14.5. The Morgan fingerprint density at radius 2 is 1.86 bits per heavy atom. The van der Waals surface area contributed by atoms with E-state index < -0.39 is 11.4 Å². The minimum atomic E-state index is -0.594. The van der Waals surface area contributed by atoms with Gasteiger partial charge in [-0.15, -0.1) is 0 Å². The summed E-state index contributed by atoms with van der Waals surface area (Å²) in [5.74, 6) is 0.308. The Balaban J connectivity index is 2.17. The van der Waals surface area contributed by atoms with Gasteiger partial charge in [-0.25, -0.2) is 0 Å². The summed E-state index contributed by atoms with van der Waals surface area (Å²) in [5, 5.41) is 9.75. The number of aliphatic carboxylic acids is 1. The lowest BCUT2D eigenvalue weighted by molar-refractivity contribution is -0.151. The van der Waals surface area contributed by atoms with Gasteiger partial charge >= 0.3 is 5.97 Å². The predicted molar refractivity (Wildman–Crippen MR) is 86.3 cm³/mol. The fraction of sp³-hybridized carbons (Fsp3) is 0.944. The molecular weight excluding hydrogens is 262 g/mol. The van der Waals surface area contributed by atoms with E-state index in [4.69, 9.17) is 0 Å². The molecule has 2 rings (SSSR count). The Kier molecular flexibility index (Phi) is 4.72. The van der Waals surface area contributed by atoms with Crippen LogP contribution in [0.15, 0.2) is 0 Å². The lowest BCUT2D eigenvalue weighted by atomic mass is 9.69. The molecule has 1 saturated heterocycles. The SMILES string of the molecule is CC(C)C1(C(=O)O)CCN(C2CCCCC2C(C)(C)C)C1. The molecule has 0 aromatic heterocycles. The van der Waals surface area contributed by atoms with Crippen molar-refractivity contribution in [2.24, 2.45) is 22.7 Å². The van der Waals surface area contributed by atoms with Crippen LogP contribution in [0.1, 0.15) is 66.7 Å². The molecule has 1 saturated carbocycles. The van der Waals surface area contributed by atoms with Crippen LogP contribution in [0.4, 0.5) is 0 Å². The van der Waals surface area contributed by atoms with E-state index in [1.807, 2.05) is 0 Å². The predicted octanol–water partition coefficient (Wildman–Crippen LogP) is 4.02. The lowest BCUT2D eigenvalue weighted by Gasteiger charge is -2.45. The van der Waals surface area contributed by atoms with Crippen LogP contribution in [0, 0.1) is 22.7 Å². The van der Waals surface area contributed by atoms with Crippen molar-refractivity contribution in [1.29, 1.82) is 0 Å². The van der Waals surface area contributed by atoms with Gasteiger partial charge < -0.3 is 5.11 Å². The third-order valence-corrected chi connectivity index (χ3v) is 6.17. The maximum atomic E-state index is 11.8. The first-order valence-electron chi connectivity index (χ1n) is 8.66. The first-order chi connectivity index (χ1) is 9.68. The van der Waals surface area contributed by atoms with Crippen molar-refractivity contribution in [3.63, 3.8) is 0 Å². The smallest absolute Gasteiger partial charge is 0.311 e. The van der Waals surface area contributed by atoms with Crippen molar-refractivity contribution >= 4 is 5.97 Å². The largest absolute Gasteiger partial charge is 0.481 e. The van der Waals surface area contributed by atoms with Gasteiger partial charge in [0, 0.05) is 12.6 Å². The normalized spacial score (nSPS) is 35.3. The van der Waals surface area contributed by atoms with Crippen molar-refractivity contribution in [1.82, 2.24) is 4.90 Å². The van der Waals surface area contributed by atoms with Crippen LogP contribution in [0.3, 0.4) is 0 Å². The number of hydrogen-bond donors (Lipinski definition) is 1. The molecule has 0 aromatic carbocycles. The Hall–Kier alpha value is -0.570. The second kappa shape index (κ2) is 5.91. The number of rotatable bonds is 3. The maximum Gasteiger partial charge on any atom is 0.311 e. The molecule has 1 heterocycles. The van der Waals surface area contributed by atoms with E-state index >= 15 is 0 Å². The molecule has 2 fully saturated rings. The Morgan fingerprint density at radius 3 is 2.33 bits per heavy atom. The molecule has 21 heavy (non-hydrogen) atoms. The molecular formula is C18H33NO2. The van der Waals surface area contributed by atoms with E-state index in [-0.39, 0.29) is 5.92 Å². The van der Waals surface area contributed by atoms with Crippen LogP contribution >= 0.6 is 0 Å². The van der Waals surface area contributed by atoms with Gasteiger partial charge in [0.1, 0.15) is 0 Å². The summed E-state index contributed by atoms with van der Waals surface area (Å²) in [4.78, 5) is 14.4. The number of likely N-dealkylation sites (tertiary alicyclic amines) is 1. The maximum absolute atomic E-state index is 11.8. The molecule has 122 valence electrons. The van der Waals surface area contributed by atoms with Gasteiger partial charge in [-0.05, 0) is 43.1 Å². The van der Waals surface area contributed by atoms with Gasteiger partial charge in [0.15, 0.2) is 0 Å². The zero-order valence-electron chi connectivity index (χ0n) is 14.5. The van der Waals surface area contributed by atoms with Gasteiger partial charge in [0.2, 0.25) is 0 Å². The fourth-order valence-electron chi connectivity index (χ4n) is 4.60. The highest BCUT2D eigenvalue weighted by molar-refractivity contribution is 5.75. The highest BCUT2D eigenvalue weighted by Gasteiger charge is 2.50. The topological polar surface area (TPSA) is 40.5 Å². The van der Waals surface area contributed by atoms with Crippen molar-refractivity contribution in [3.05, 3.63) is 0 Å². The summed E-state index contributed by atoms with van der Waals surface area (Å²) < 4.78 is 0. The quantitative estimate of drug-likeness (QED) is 0.854. The molecule has 1 aliphatic carbocycles. The fourth-order valence-corrected chi connectivity index (χ4v) is 4.60. The van der Waals surface area contributed by atoms with Crippen LogP contribution in [0.2, 0.25) is 0 Å². The second-order valence-electron chi connectivity index (χ2n) is 8.66. The molecule has 3 atom stereocenters. The van der Waals surface area contributed by atoms with Gasteiger partial charge in [-0.1, -0.05) is 47.5 Å². The van der Waals surface area contributed by atoms with Gasteiger partial charge in [0.05, 0.1) is 5.41 Å². The van der Waals surface area contributed by atoms with Gasteiger partial charge in [-0.3, -0.25) is 9.69 Å². The van der Waals surface area contributed by atoms with Crippen molar-refractivity contribution in [3.8, 4) is 0 Å². The lowest BCUT2D eigenvalue weighted by Crippen LogP contribution is -2.48. The summed E-state index contributed by atoms with van der Waals surface area (Å²) in [7, 11) is 0. The Bertz CT molecular complexity index is 385. The van der Waals surface area contributed by atoms with Gasteiger partial charge in [-0.2, -0.15) is 0 Å². The first kappa shape index (κ1) is 16.8. The number of carboxylic acids is 1. The Labute approximate surface area is 130 Å². The molecule has 3 nitrogen and oxygen atoms in total. The van der Waals surface area contributed by atoms with E-state index in [1.54, 1.807) is 0 Å². The number of nitrogens with zero attached hydrogens (tertiary/aromatic N) is 1. The van der Waals surface area contributed by atoms with Crippen molar-refractivity contribution < 1.29 is 9.90 Å². The minimum Gasteiger partial charge on any atom is -0.481 e. The van der Waals surface area contributed by atoms with Crippen LogP contribution in [0.25, 0.3) is 0 Å². The molecule has 0 bridgehead atoms. The molecule has 0 radical (unpaired) electrons. The van der Waals surface area contributed by atoms with Gasteiger partial charge in [0.25, 0.3) is 0 Å². The summed E-state index contributed by atoms with van der Waals surface area (Å²) in [6.45, 7) is 12.9. The third-order valence-electron chi connectivity index (χ3n) is 6.17. The van der Waals surface area contributed by atoms with E-state index in [9.17, 15) is 9.90 Å². The first-order valence-corrected chi connectivity index (χ1v) is 8.66. The molecule has 1 N–H and O–H groups in total. The zero-order chi connectivity index (χ0) is 15.8. The third kappa shape index (κ3) is 3.13. The monoisotopic (exact) mass is 295 g/mol. The Morgan fingerprint density at radius 1 is 1.24 bits per heavy atom. The number of hydrogen-bond acceptors (Lipinski definition) is 2. The number of carboxylic acid groups (broad SMARTS) is 1. The number of carbonyl (C=O) groups is 1. The highest BCUT2D eigenvalue weighted by Crippen LogP contribution is 2.45. The molecule has 0 aromatic rings. The van der Waals surface area contributed by atoms with E-state index in [0.717, 1.165) is 19.5 Å². The van der Waals surface area contributed by atoms with Crippen LogP contribution in [-0.2, 0) is 4.79 Å². The van der Waals surface area contributed by atoms with Crippen LogP contribution in [-0.4, -0.2) is 35.1 Å². The summed E-state index contributed by atoms with van der Waals surface area (Å²) in [6, 6.07) is 0.582. The second-order valence-corrected chi connectivity index (χ2v) is 8.66. The van der Waals surface area contributed by atoms with Crippen LogP contribution < -0.4 is 0 Å². The average molecular weight is 295 g/mol. The van der Waals surface area contributed by atoms with E-state index in [2.05, 4.69) is 39.5 Å². The average Bonchev–Trinajstić information content (AvgIpc) is 2.84. The molecule has 0 spiro atoms. The minimum absolute atomic E-state index is 0.205. The molecule has 2 aliphatic rings. The van der Waals surface area contributed by atoms with E-state index in [1.165, 1.54) is 25.7 Å². The van der Waals surface area contributed by atoms with Crippen molar-refractivity contribution in [2.75, 3.05) is 13.1 Å². The van der Waals surface area contributed by atoms with Crippen molar-refractivity contribution in [2.45, 2.75) is 72.8 Å². The van der Waals surface area contributed by atoms with Crippen LogP contribution in [0.5, 0.6) is 0 Å². The highest BCUT2D eigenvalue weighted by atomic mass is 16.4. The summed E-state index contributed by atoms with van der Waals surface area (Å²) >= 11 is 0. The summed E-state index contributed by atoms with van der Waals surface area (Å²) in [6.07, 6.45) is 5.99. The van der Waals surface area contributed by atoms with E-state index in [0.29, 0.717) is 17.4 Å². The molecule has 0 amide bonds. The molecule has 3 unspecified atom stereocenters. The summed E-state index contributed by atoms with van der Waals surface area (Å²) in [5.41, 5.74) is -0.211. The standard InChI is InChI=1S/C18H33NO2/c1-13(2)18(16(20)21)10-11-19(12-18)15-9-7-6-8-14(15)17(3,4)5/h13-15H,6-12H2,1-5H3,(H,20,21).